The van der Waals surface area contributed by atoms with Crippen molar-refractivity contribution in [3.8, 4) is 0 Å². The Labute approximate surface area is 185 Å². The van der Waals surface area contributed by atoms with Crippen molar-refractivity contribution in [2.24, 2.45) is 5.92 Å². The van der Waals surface area contributed by atoms with E-state index in [4.69, 9.17) is 4.74 Å². The third-order valence-corrected chi connectivity index (χ3v) is 5.72. The van der Waals surface area contributed by atoms with E-state index in [1.54, 1.807) is 12.3 Å². The largest absolute Gasteiger partial charge is 0.457 e. The van der Waals surface area contributed by atoms with E-state index < -0.39 is 29.9 Å². The second-order valence-corrected chi connectivity index (χ2v) is 8.69. The number of ether oxygens (including phenoxy) is 1. The number of cyclic esters (lactones) is 1. The van der Waals surface area contributed by atoms with E-state index in [0.29, 0.717) is 0 Å². The first-order valence-electron chi connectivity index (χ1n) is 10.8. The highest BCUT2D eigenvalue weighted by Gasteiger charge is 2.31. The molecule has 0 aliphatic carbocycles. The van der Waals surface area contributed by atoms with Crippen molar-refractivity contribution in [3.63, 3.8) is 0 Å². The predicted octanol–water partition coefficient (Wildman–Crippen LogP) is 3.45. The molecule has 3 N–H and O–H groups in total. The van der Waals surface area contributed by atoms with Gasteiger partial charge in [0.15, 0.2) is 0 Å². The summed E-state index contributed by atoms with van der Waals surface area (Å²) in [7, 11) is 0. The van der Waals surface area contributed by atoms with Crippen LogP contribution in [0.4, 0.5) is 0 Å². The number of rotatable bonds is 4. The molecule has 0 unspecified atom stereocenters. The molecule has 2 heterocycles. The van der Waals surface area contributed by atoms with Gasteiger partial charge in [-0.25, -0.2) is 0 Å². The maximum Gasteiger partial charge on any atom is 0.309 e. The van der Waals surface area contributed by atoms with E-state index in [0.717, 1.165) is 11.3 Å². The summed E-state index contributed by atoms with van der Waals surface area (Å²) in [5.41, 5.74) is 0.418. The van der Waals surface area contributed by atoms with Crippen molar-refractivity contribution in [3.05, 3.63) is 66.0 Å². The van der Waals surface area contributed by atoms with Crippen LogP contribution in [-0.2, 0) is 9.53 Å². The zero-order chi connectivity index (χ0) is 23.0. The lowest BCUT2D eigenvalue weighted by Crippen LogP contribution is -2.39. The Morgan fingerprint density at radius 3 is 2.74 bits per heavy atom. The first-order valence-corrected chi connectivity index (χ1v) is 10.8. The number of aliphatic hydroxyl groups excluding tert-OH is 2. The molecule has 31 heavy (non-hydrogen) atoms. The Hall–Kier alpha value is -2.28. The van der Waals surface area contributed by atoms with E-state index >= 15 is 0 Å². The molecule has 0 amide bonds. The average Bonchev–Trinajstić information content (AvgIpc) is 2.73. The van der Waals surface area contributed by atoms with Gasteiger partial charge in [0, 0.05) is 23.7 Å². The molecule has 0 fully saturated rings. The summed E-state index contributed by atoms with van der Waals surface area (Å²) in [5.74, 6) is -0.588. The number of pyridine rings is 1. The van der Waals surface area contributed by atoms with E-state index in [2.05, 4.69) is 11.9 Å². The van der Waals surface area contributed by atoms with Crippen LogP contribution in [-0.4, -0.2) is 50.2 Å². The fourth-order valence-corrected chi connectivity index (χ4v) is 3.51. The summed E-state index contributed by atoms with van der Waals surface area (Å²) in [6.45, 7) is 7.35. The van der Waals surface area contributed by atoms with Crippen molar-refractivity contribution in [2.75, 3.05) is 0 Å². The van der Waals surface area contributed by atoms with Gasteiger partial charge in [0.25, 0.3) is 0 Å². The predicted molar refractivity (Wildman–Crippen MR) is 120 cm³/mol. The SMILES string of the molecule is C/C(=C\C=C\[C@@H](C)c1ccccn1)[C@H]1OC(=O)C[C@H](O)CC[C@@](C)(O)[C@@H](O)/C=C/[C@@H]1C. The molecule has 6 heteroatoms. The van der Waals surface area contributed by atoms with Crippen molar-refractivity contribution in [1.29, 1.82) is 0 Å². The maximum absolute atomic E-state index is 12.4. The summed E-state index contributed by atoms with van der Waals surface area (Å²) < 4.78 is 5.69. The average molecular weight is 430 g/mol. The molecule has 1 aliphatic heterocycles. The summed E-state index contributed by atoms with van der Waals surface area (Å²) in [5, 5.41) is 31.0. The maximum atomic E-state index is 12.4. The van der Waals surface area contributed by atoms with Crippen molar-refractivity contribution >= 4 is 5.97 Å². The van der Waals surface area contributed by atoms with Crippen LogP contribution in [0, 0.1) is 5.92 Å². The number of allylic oxidation sites excluding steroid dienone is 3. The first-order chi connectivity index (χ1) is 14.6. The molecule has 6 atom stereocenters. The van der Waals surface area contributed by atoms with Crippen LogP contribution in [0.2, 0.25) is 0 Å². The van der Waals surface area contributed by atoms with Crippen LogP contribution in [0.1, 0.15) is 58.6 Å². The second kappa shape index (κ2) is 11.4. The molecule has 1 aromatic heterocycles. The molecule has 0 radical (unpaired) electrons. The van der Waals surface area contributed by atoms with Crippen LogP contribution in [0.3, 0.4) is 0 Å². The molecule has 1 aromatic rings. The van der Waals surface area contributed by atoms with Crippen LogP contribution < -0.4 is 0 Å². The van der Waals surface area contributed by atoms with Gasteiger partial charge in [-0.05, 0) is 44.4 Å². The van der Waals surface area contributed by atoms with E-state index in [1.165, 1.54) is 13.0 Å². The van der Waals surface area contributed by atoms with Gasteiger partial charge in [0.05, 0.1) is 18.1 Å². The Morgan fingerprint density at radius 2 is 2.06 bits per heavy atom. The number of aliphatic hydroxyl groups is 3. The smallest absolute Gasteiger partial charge is 0.309 e. The van der Waals surface area contributed by atoms with Crippen LogP contribution in [0.15, 0.2) is 60.3 Å². The van der Waals surface area contributed by atoms with Gasteiger partial charge in [-0.1, -0.05) is 50.3 Å². The summed E-state index contributed by atoms with van der Waals surface area (Å²) in [4.78, 5) is 16.7. The Morgan fingerprint density at radius 1 is 1.32 bits per heavy atom. The minimum absolute atomic E-state index is 0.133. The molecular formula is C25H35NO5. The second-order valence-electron chi connectivity index (χ2n) is 8.69. The molecule has 0 aromatic carbocycles. The molecule has 0 saturated heterocycles. The number of aromatic nitrogens is 1. The number of carbonyl (C=O) groups is 1. The lowest BCUT2D eigenvalue weighted by molar-refractivity contribution is -0.151. The quantitative estimate of drug-likeness (QED) is 0.385. The summed E-state index contributed by atoms with van der Waals surface area (Å²) in [6.07, 6.45) is 8.53. The lowest BCUT2D eigenvalue weighted by Gasteiger charge is -2.30. The Balaban J connectivity index is 2.21. The Bertz CT molecular complexity index is 799. The number of carbonyl (C=O) groups excluding carboxylic acids is 1. The van der Waals surface area contributed by atoms with Crippen molar-refractivity contribution < 1.29 is 24.9 Å². The fraction of sp³-hybridized carbons (Fsp3) is 0.520. The molecule has 170 valence electrons. The van der Waals surface area contributed by atoms with Crippen molar-refractivity contribution in [1.82, 2.24) is 4.98 Å². The molecule has 2 rings (SSSR count). The van der Waals surface area contributed by atoms with Crippen LogP contribution >= 0.6 is 0 Å². The molecule has 0 saturated carbocycles. The van der Waals surface area contributed by atoms with E-state index in [9.17, 15) is 20.1 Å². The zero-order valence-corrected chi connectivity index (χ0v) is 18.8. The van der Waals surface area contributed by atoms with Gasteiger partial charge in [-0.15, -0.1) is 0 Å². The number of hydrogen-bond acceptors (Lipinski definition) is 6. The monoisotopic (exact) mass is 429 g/mol. The van der Waals surface area contributed by atoms with Gasteiger partial charge in [0.2, 0.25) is 0 Å². The lowest BCUT2D eigenvalue weighted by atomic mass is 9.89. The van der Waals surface area contributed by atoms with Crippen molar-refractivity contribution in [2.45, 2.75) is 76.8 Å². The number of hydrogen-bond donors (Lipinski definition) is 3. The highest BCUT2D eigenvalue weighted by atomic mass is 16.5. The van der Waals surface area contributed by atoms with Gasteiger partial charge in [0.1, 0.15) is 12.2 Å². The zero-order valence-electron chi connectivity index (χ0n) is 18.8. The summed E-state index contributed by atoms with van der Waals surface area (Å²) in [6, 6.07) is 5.80. The molecule has 0 bridgehead atoms. The highest BCUT2D eigenvalue weighted by molar-refractivity contribution is 5.70. The van der Waals surface area contributed by atoms with E-state index in [1.807, 2.05) is 50.3 Å². The number of esters is 1. The topological polar surface area (TPSA) is 99.9 Å². The normalized spacial score (nSPS) is 33.3. The number of nitrogens with zero attached hydrogens (tertiary/aromatic N) is 1. The van der Waals surface area contributed by atoms with Gasteiger partial charge >= 0.3 is 5.97 Å². The van der Waals surface area contributed by atoms with Gasteiger partial charge in [-0.2, -0.15) is 0 Å². The fourth-order valence-electron chi connectivity index (χ4n) is 3.51. The Kier molecular flexibility index (Phi) is 9.16. The van der Waals surface area contributed by atoms with Gasteiger partial charge in [-0.3, -0.25) is 9.78 Å². The van der Waals surface area contributed by atoms with Gasteiger partial charge < -0.3 is 20.1 Å². The minimum Gasteiger partial charge on any atom is -0.457 e. The summed E-state index contributed by atoms with van der Waals surface area (Å²) >= 11 is 0. The van der Waals surface area contributed by atoms with Crippen LogP contribution in [0.5, 0.6) is 0 Å². The third kappa shape index (κ3) is 7.73. The van der Waals surface area contributed by atoms with E-state index in [-0.39, 0.29) is 31.1 Å². The molecule has 1 aliphatic rings. The third-order valence-electron chi connectivity index (χ3n) is 5.72. The molecule has 6 nitrogen and oxygen atoms in total. The highest BCUT2D eigenvalue weighted by Crippen LogP contribution is 2.25. The standard InChI is InChI=1S/C25H35NO5/c1-17(21-10-5-6-15-26-21)8-7-9-18(2)24-19(3)11-12-22(28)25(4,30)14-13-20(27)16-23(29)31-24/h5-12,15,17,19-20,22,24,27-28,30H,13-14,16H2,1-4H3/b8-7+,12-11+,18-9+/t17-,19+,20-,22+,24-,25-/m1/s1. The van der Waals surface area contributed by atoms with Crippen LogP contribution in [0.25, 0.3) is 0 Å². The molecule has 0 spiro atoms. The minimum atomic E-state index is -1.38. The molecular weight excluding hydrogens is 394 g/mol. The first kappa shape index (κ1) is 25.0.